The average molecular weight is 330 g/mol. The van der Waals surface area contributed by atoms with Gasteiger partial charge in [-0.15, -0.1) is 0 Å². The molecule has 2 aromatic heterocycles. The Morgan fingerprint density at radius 2 is 1.44 bits per heavy atom. The van der Waals surface area contributed by atoms with Gasteiger partial charge in [-0.05, 0) is 31.2 Å². The number of pyridine rings is 1. The highest BCUT2D eigenvalue weighted by atomic mass is 16.2. The lowest BCUT2D eigenvalue weighted by atomic mass is 10.1. The molecule has 0 fully saturated rings. The third-order valence-corrected chi connectivity index (χ3v) is 4.24. The van der Waals surface area contributed by atoms with Gasteiger partial charge in [0.2, 0.25) is 0 Å². The van der Waals surface area contributed by atoms with Crippen LogP contribution in [0.1, 0.15) is 39.4 Å². The van der Waals surface area contributed by atoms with Gasteiger partial charge < -0.3 is 0 Å². The summed E-state index contributed by atoms with van der Waals surface area (Å²) in [5.74, 6) is -0.628. The molecule has 122 valence electrons. The van der Waals surface area contributed by atoms with Crippen LogP contribution in [0.2, 0.25) is 0 Å². The van der Waals surface area contributed by atoms with Crippen LogP contribution in [-0.2, 0) is 0 Å². The lowest BCUT2D eigenvalue weighted by Gasteiger charge is -2.23. The van der Waals surface area contributed by atoms with Gasteiger partial charge in [0.25, 0.3) is 11.8 Å². The Hall–Kier alpha value is -3.41. The minimum absolute atomic E-state index is 0.314. The van der Waals surface area contributed by atoms with Crippen molar-refractivity contribution in [2.75, 3.05) is 0 Å². The summed E-state index contributed by atoms with van der Waals surface area (Å²) in [6.45, 7) is 1.78. The first-order valence-corrected chi connectivity index (χ1v) is 7.87. The van der Waals surface area contributed by atoms with E-state index in [9.17, 15) is 9.59 Å². The molecule has 1 unspecified atom stereocenters. The number of hydrogen-bond donors (Lipinski definition) is 0. The predicted molar refractivity (Wildman–Crippen MR) is 90.6 cm³/mol. The maximum absolute atomic E-state index is 12.7. The van der Waals surface area contributed by atoms with Crippen molar-refractivity contribution >= 4 is 11.8 Å². The van der Waals surface area contributed by atoms with Gasteiger partial charge in [0.15, 0.2) is 0 Å². The van der Waals surface area contributed by atoms with E-state index in [0.29, 0.717) is 28.2 Å². The first-order chi connectivity index (χ1) is 12.2. The maximum atomic E-state index is 12.7. The Morgan fingerprint density at radius 3 is 2.08 bits per heavy atom. The molecule has 6 heteroatoms. The molecule has 1 aliphatic heterocycles. The summed E-state index contributed by atoms with van der Waals surface area (Å²) in [7, 11) is 0. The number of rotatable bonds is 3. The Kier molecular flexibility index (Phi) is 3.57. The van der Waals surface area contributed by atoms with Gasteiger partial charge >= 0.3 is 0 Å². The van der Waals surface area contributed by atoms with Crippen LogP contribution in [0.15, 0.2) is 61.1 Å². The van der Waals surface area contributed by atoms with E-state index in [2.05, 4.69) is 15.0 Å². The molecule has 0 saturated carbocycles. The summed E-state index contributed by atoms with van der Waals surface area (Å²) in [6.07, 6.45) is 4.79. The standard InChI is InChI=1S/C19H14N4O2/c1-12(23-18(24)13-6-2-3-7-14(13)19(23)25)16-17(22-11-10-21-16)15-8-4-5-9-20-15/h2-12H,1H3. The molecule has 6 nitrogen and oxygen atoms in total. The van der Waals surface area contributed by atoms with Gasteiger partial charge in [0.1, 0.15) is 5.69 Å². The Balaban J connectivity index is 1.78. The van der Waals surface area contributed by atoms with E-state index in [0.717, 1.165) is 0 Å². The van der Waals surface area contributed by atoms with Gasteiger partial charge in [-0.2, -0.15) is 0 Å². The molecule has 4 rings (SSSR count). The van der Waals surface area contributed by atoms with Crippen molar-refractivity contribution in [2.24, 2.45) is 0 Å². The molecule has 0 radical (unpaired) electrons. The zero-order valence-corrected chi connectivity index (χ0v) is 13.5. The highest BCUT2D eigenvalue weighted by Crippen LogP contribution is 2.33. The quantitative estimate of drug-likeness (QED) is 0.690. The molecule has 0 bridgehead atoms. The number of carbonyl (C=O) groups excluding carboxylic acids is 2. The smallest absolute Gasteiger partial charge is 0.262 e. The number of hydrogen-bond acceptors (Lipinski definition) is 5. The normalized spacial score (nSPS) is 14.5. The largest absolute Gasteiger partial charge is 0.269 e. The second kappa shape index (κ2) is 5.90. The molecule has 2 amide bonds. The molecule has 3 aromatic rings. The van der Waals surface area contributed by atoms with Crippen molar-refractivity contribution in [3.63, 3.8) is 0 Å². The van der Waals surface area contributed by atoms with Crippen LogP contribution < -0.4 is 0 Å². The number of carbonyl (C=O) groups is 2. The number of aromatic nitrogens is 3. The first kappa shape index (κ1) is 15.1. The highest BCUT2D eigenvalue weighted by Gasteiger charge is 2.39. The van der Waals surface area contributed by atoms with Gasteiger partial charge in [0.05, 0.1) is 28.6 Å². The van der Waals surface area contributed by atoms with E-state index in [-0.39, 0.29) is 11.8 Å². The van der Waals surface area contributed by atoms with Gasteiger partial charge in [-0.25, -0.2) is 0 Å². The average Bonchev–Trinajstić information content (AvgIpc) is 2.93. The molecule has 1 atom stereocenters. The van der Waals surface area contributed by atoms with E-state index in [1.54, 1.807) is 49.8 Å². The minimum atomic E-state index is -0.557. The summed E-state index contributed by atoms with van der Waals surface area (Å²) in [5.41, 5.74) is 2.59. The van der Waals surface area contributed by atoms with Crippen molar-refractivity contribution in [3.8, 4) is 11.4 Å². The first-order valence-electron chi connectivity index (χ1n) is 7.87. The lowest BCUT2D eigenvalue weighted by Crippen LogP contribution is -2.33. The van der Waals surface area contributed by atoms with Crippen molar-refractivity contribution in [1.82, 2.24) is 19.9 Å². The molecular weight excluding hydrogens is 316 g/mol. The molecule has 25 heavy (non-hydrogen) atoms. The zero-order chi connectivity index (χ0) is 17.4. The summed E-state index contributed by atoms with van der Waals surface area (Å²) >= 11 is 0. The molecule has 1 aromatic carbocycles. The van der Waals surface area contributed by atoms with Gasteiger partial charge in [-0.1, -0.05) is 18.2 Å². The number of benzene rings is 1. The zero-order valence-electron chi connectivity index (χ0n) is 13.5. The third-order valence-electron chi connectivity index (χ3n) is 4.24. The SMILES string of the molecule is CC(c1nccnc1-c1ccccn1)N1C(=O)c2ccccc2C1=O. The summed E-state index contributed by atoms with van der Waals surface area (Å²) in [6, 6.07) is 11.8. The van der Waals surface area contributed by atoms with Crippen molar-refractivity contribution in [3.05, 3.63) is 77.9 Å². The van der Waals surface area contributed by atoms with Crippen molar-refractivity contribution < 1.29 is 9.59 Å². The number of imide groups is 1. The van der Waals surface area contributed by atoms with E-state index >= 15 is 0 Å². The fourth-order valence-electron chi connectivity index (χ4n) is 3.04. The monoisotopic (exact) mass is 330 g/mol. The Bertz CT molecular complexity index is 937. The molecule has 0 aliphatic carbocycles. The van der Waals surface area contributed by atoms with Crippen LogP contribution in [0, 0.1) is 0 Å². The van der Waals surface area contributed by atoms with Gasteiger partial charge in [0, 0.05) is 18.6 Å². The summed E-state index contributed by atoms with van der Waals surface area (Å²) in [4.78, 5) is 39.7. The third kappa shape index (κ3) is 2.39. The molecule has 3 heterocycles. The highest BCUT2D eigenvalue weighted by molar-refractivity contribution is 6.21. The van der Waals surface area contributed by atoms with Crippen LogP contribution in [0.4, 0.5) is 0 Å². The summed E-state index contributed by atoms with van der Waals surface area (Å²) in [5, 5.41) is 0. The van der Waals surface area contributed by atoms with E-state index in [4.69, 9.17) is 0 Å². The van der Waals surface area contributed by atoms with Crippen molar-refractivity contribution in [2.45, 2.75) is 13.0 Å². The lowest BCUT2D eigenvalue weighted by molar-refractivity contribution is 0.0592. The maximum Gasteiger partial charge on any atom is 0.262 e. The molecule has 0 spiro atoms. The fraction of sp³-hybridized carbons (Fsp3) is 0.105. The van der Waals surface area contributed by atoms with E-state index in [1.807, 2.05) is 18.2 Å². The minimum Gasteiger partial charge on any atom is -0.269 e. The Morgan fingerprint density at radius 1 is 0.800 bits per heavy atom. The molecule has 0 saturated heterocycles. The molecular formula is C19H14N4O2. The molecule has 1 aliphatic rings. The van der Waals surface area contributed by atoms with Crippen LogP contribution >= 0.6 is 0 Å². The number of fused-ring (bicyclic) bond motifs is 1. The van der Waals surface area contributed by atoms with Crippen LogP contribution in [0.3, 0.4) is 0 Å². The molecule has 0 N–H and O–H groups in total. The van der Waals surface area contributed by atoms with Crippen LogP contribution in [-0.4, -0.2) is 31.7 Å². The predicted octanol–water partition coefficient (Wildman–Crippen LogP) is 2.90. The van der Waals surface area contributed by atoms with Crippen LogP contribution in [0.25, 0.3) is 11.4 Å². The Labute approximate surface area is 144 Å². The van der Waals surface area contributed by atoms with E-state index < -0.39 is 6.04 Å². The van der Waals surface area contributed by atoms with Crippen molar-refractivity contribution in [1.29, 1.82) is 0 Å². The second-order valence-corrected chi connectivity index (χ2v) is 5.71. The second-order valence-electron chi connectivity index (χ2n) is 5.71. The van der Waals surface area contributed by atoms with Gasteiger partial charge in [-0.3, -0.25) is 29.4 Å². The topological polar surface area (TPSA) is 76.1 Å². The number of nitrogens with zero attached hydrogens (tertiary/aromatic N) is 4. The van der Waals surface area contributed by atoms with E-state index in [1.165, 1.54) is 4.90 Å². The van der Waals surface area contributed by atoms with Crippen LogP contribution in [0.5, 0.6) is 0 Å². The fourth-order valence-corrected chi connectivity index (χ4v) is 3.04. The number of amides is 2. The summed E-state index contributed by atoms with van der Waals surface area (Å²) < 4.78 is 0.